The summed E-state index contributed by atoms with van der Waals surface area (Å²) in [5.41, 5.74) is 3.23. The normalized spacial score (nSPS) is 14.6. The fourth-order valence-corrected chi connectivity index (χ4v) is 4.56. The maximum Gasteiger partial charge on any atom is 0.335 e. The third-order valence-corrected chi connectivity index (χ3v) is 6.54. The van der Waals surface area contributed by atoms with E-state index in [1.54, 1.807) is 18.4 Å². The molecule has 1 saturated carbocycles. The highest BCUT2D eigenvalue weighted by Crippen LogP contribution is 2.44. The molecule has 0 saturated heterocycles. The molecule has 0 spiro atoms. The van der Waals surface area contributed by atoms with Gasteiger partial charge < -0.3 is 18.9 Å². The molecule has 5 nitrogen and oxygen atoms in total. The fraction of sp³-hybridized carbons (Fsp3) is 0.190. The Hall–Kier alpha value is -2.35. The molecule has 0 radical (unpaired) electrons. The fourth-order valence-electron chi connectivity index (χ4n) is 3.09. The number of aromatic nitrogens is 1. The minimum absolute atomic E-state index is 0.280. The average Bonchev–Trinajstić information content (AvgIpc) is 3.39. The first kappa shape index (κ1) is 19.0. The van der Waals surface area contributed by atoms with Gasteiger partial charge >= 0.3 is 5.97 Å². The molecule has 4 rings (SSSR count). The standard InChI is InChI=1S/C21H20N2O3S2/c1-28(26)16-7-9-19(23-10-2-3-11-23)18(13-16)22-27-20-12-15(21(24)25)6-8-17(20)14-4-5-14/h2-3,6-14,22H,4-5H2,1H3,(H,24,25). The van der Waals surface area contributed by atoms with Crippen LogP contribution in [0.5, 0.6) is 0 Å². The van der Waals surface area contributed by atoms with Gasteiger partial charge in [-0.25, -0.2) is 4.79 Å². The highest BCUT2D eigenvalue weighted by atomic mass is 32.2. The largest absolute Gasteiger partial charge is 0.612 e. The second-order valence-electron chi connectivity index (χ2n) is 6.76. The minimum Gasteiger partial charge on any atom is -0.612 e. The van der Waals surface area contributed by atoms with Crippen LogP contribution in [0.1, 0.15) is 34.7 Å². The summed E-state index contributed by atoms with van der Waals surface area (Å²) in [5.74, 6) is -0.425. The van der Waals surface area contributed by atoms with Crippen molar-refractivity contribution in [2.75, 3.05) is 11.0 Å². The predicted molar refractivity (Wildman–Crippen MR) is 113 cm³/mol. The maximum atomic E-state index is 11.9. The lowest BCUT2D eigenvalue weighted by molar-refractivity contribution is 0.0696. The molecule has 1 heterocycles. The van der Waals surface area contributed by atoms with E-state index in [1.807, 2.05) is 53.4 Å². The van der Waals surface area contributed by atoms with Gasteiger partial charge in [0.1, 0.15) is 6.26 Å². The van der Waals surface area contributed by atoms with E-state index in [9.17, 15) is 14.5 Å². The van der Waals surface area contributed by atoms with E-state index in [0.29, 0.717) is 5.92 Å². The van der Waals surface area contributed by atoms with Gasteiger partial charge in [0, 0.05) is 23.4 Å². The van der Waals surface area contributed by atoms with Gasteiger partial charge in [-0.2, -0.15) is 0 Å². The Kier molecular flexibility index (Phi) is 5.39. The maximum absolute atomic E-state index is 11.9. The van der Waals surface area contributed by atoms with Gasteiger partial charge in [0.05, 0.1) is 16.9 Å². The first-order valence-electron chi connectivity index (χ1n) is 8.94. The van der Waals surface area contributed by atoms with E-state index in [-0.39, 0.29) is 5.56 Å². The summed E-state index contributed by atoms with van der Waals surface area (Å²) in [6, 6.07) is 14.9. The zero-order chi connectivity index (χ0) is 19.7. The lowest BCUT2D eigenvalue weighted by Gasteiger charge is -2.16. The second kappa shape index (κ2) is 7.95. The highest BCUT2D eigenvalue weighted by Gasteiger charge is 2.27. The van der Waals surface area contributed by atoms with Crippen molar-refractivity contribution in [3.05, 3.63) is 72.1 Å². The summed E-state index contributed by atoms with van der Waals surface area (Å²) in [7, 11) is 0. The number of anilines is 1. The van der Waals surface area contributed by atoms with E-state index >= 15 is 0 Å². The van der Waals surface area contributed by atoms with Crippen LogP contribution in [0.3, 0.4) is 0 Å². The summed E-state index contributed by atoms with van der Waals surface area (Å²) in [5, 5.41) is 9.34. The van der Waals surface area contributed by atoms with Crippen LogP contribution >= 0.6 is 11.9 Å². The summed E-state index contributed by atoms with van der Waals surface area (Å²) in [6.45, 7) is 0. The molecule has 1 aliphatic carbocycles. The van der Waals surface area contributed by atoms with Gasteiger partial charge in [-0.05, 0) is 83.8 Å². The van der Waals surface area contributed by atoms with Gasteiger partial charge in [-0.1, -0.05) is 6.07 Å². The van der Waals surface area contributed by atoms with Gasteiger partial charge in [0.2, 0.25) is 0 Å². The third-order valence-electron chi connectivity index (χ3n) is 4.73. The van der Waals surface area contributed by atoms with Gasteiger partial charge in [0.15, 0.2) is 4.90 Å². The molecule has 0 bridgehead atoms. The molecule has 2 N–H and O–H groups in total. The molecule has 1 aliphatic rings. The van der Waals surface area contributed by atoms with E-state index in [0.717, 1.165) is 34.0 Å². The number of hydrogen-bond donors (Lipinski definition) is 2. The van der Waals surface area contributed by atoms with Crippen LogP contribution in [0, 0.1) is 0 Å². The Morgan fingerprint density at radius 3 is 2.61 bits per heavy atom. The first-order valence-corrected chi connectivity index (χ1v) is 11.3. The Bertz CT molecular complexity index is 999. The lowest BCUT2D eigenvalue weighted by Crippen LogP contribution is -2.03. The van der Waals surface area contributed by atoms with Gasteiger partial charge in [-0.3, -0.25) is 0 Å². The summed E-state index contributed by atoms with van der Waals surface area (Å²) in [4.78, 5) is 13.0. The number of carbonyl (C=O) groups is 1. The molecule has 144 valence electrons. The molecule has 28 heavy (non-hydrogen) atoms. The van der Waals surface area contributed by atoms with Crippen molar-refractivity contribution in [3.63, 3.8) is 0 Å². The topological polar surface area (TPSA) is 77.3 Å². The van der Waals surface area contributed by atoms with E-state index < -0.39 is 17.1 Å². The molecule has 7 heteroatoms. The van der Waals surface area contributed by atoms with Crippen LogP contribution in [0.15, 0.2) is 70.7 Å². The molecule has 0 amide bonds. The Balaban J connectivity index is 1.67. The number of carboxylic acids is 1. The van der Waals surface area contributed by atoms with Crippen molar-refractivity contribution >= 4 is 34.8 Å². The summed E-state index contributed by atoms with van der Waals surface area (Å²) >= 11 is 0.316. The van der Waals surface area contributed by atoms with Crippen LogP contribution in [0.4, 0.5) is 5.69 Å². The molecule has 3 aromatic rings. The molecular formula is C21H20N2O3S2. The molecule has 1 aromatic heterocycles. The van der Waals surface area contributed by atoms with Crippen LogP contribution in [0.2, 0.25) is 0 Å². The zero-order valence-electron chi connectivity index (χ0n) is 15.3. The monoisotopic (exact) mass is 412 g/mol. The van der Waals surface area contributed by atoms with Gasteiger partial charge in [0.25, 0.3) is 0 Å². The molecule has 0 aliphatic heterocycles. The molecule has 2 aromatic carbocycles. The number of nitrogens with one attached hydrogen (secondary N) is 1. The SMILES string of the molecule is C[S+]([O-])c1ccc(-n2cccc2)c(NSc2cc(C(=O)O)ccc2C2CC2)c1. The quantitative estimate of drug-likeness (QED) is 0.426. The van der Waals surface area contributed by atoms with Crippen molar-refractivity contribution in [2.24, 2.45) is 0 Å². The molecule has 1 unspecified atom stereocenters. The first-order chi connectivity index (χ1) is 13.5. The number of rotatable bonds is 7. The van der Waals surface area contributed by atoms with E-state index in [4.69, 9.17) is 0 Å². The highest BCUT2D eigenvalue weighted by molar-refractivity contribution is 8.00. The van der Waals surface area contributed by atoms with Crippen molar-refractivity contribution in [1.82, 2.24) is 4.57 Å². The van der Waals surface area contributed by atoms with Crippen LogP contribution in [-0.4, -0.2) is 26.5 Å². The zero-order valence-corrected chi connectivity index (χ0v) is 16.9. The van der Waals surface area contributed by atoms with E-state index in [2.05, 4.69) is 4.72 Å². The predicted octanol–water partition coefficient (Wildman–Crippen LogP) is 4.91. The summed E-state index contributed by atoms with van der Waals surface area (Å²) in [6.07, 6.45) is 7.84. The number of nitrogens with zero attached hydrogens (tertiary/aromatic N) is 1. The number of benzene rings is 2. The molecule has 1 atom stereocenters. The van der Waals surface area contributed by atoms with Gasteiger partial charge in [-0.15, -0.1) is 0 Å². The number of aromatic carboxylic acids is 1. The number of carboxylic acid groups (broad SMARTS) is 1. The smallest absolute Gasteiger partial charge is 0.335 e. The minimum atomic E-state index is -1.09. The van der Waals surface area contributed by atoms with Crippen molar-refractivity contribution in [2.45, 2.75) is 28.6 Å². The van der Waals surface area contributed by atoms with Crippen molar-refractivity contribution in [3.8, 4) is 5.69 Å². The Labute approximate surface area is 171 Å². The third kappa shape index (κ3) is 4.06. The average molecular weight is 413 g/mol. The molecular weight excluding hydrogens is 392 g/mol. The lowest BCUT2D eigenvalue weighted by atomic mass is 10.1. The molecule has 1 fully saturated rings. The second-order valence-corrected chi connectivity index (χ2v) is 8.99. The van der Waals surface area contributed by atoms with Crippen LogP contribution < -0.4 is 4.72 Å². The van der Waals surface area contributed by atoms with Crippen molar-refractivity contribution < 1.29 is 14.5 Å². The Morgan fingerprint density at radius 2 is 1.96 bits per heavy atom. The van der Waals surface area contributed by atoms with E-state index in [1.165, 1.54) is 17.5 Å². The Morgan fingerprint density at radius 1 is 1.21 bits per heavy atom. The summed E-state index contributed by atoms with van der Waals surface area (Å²) < 4.78 is 17.3. The number of hydrogen-bond acceptors (Lipinski definition) is 4. The van der Waals surface area contributed by atoms with Crippen molar-refractivity contribution in [1.29, 1.82) is 0 Å². The van der Waals surface area contributed by atoms with Crippen LogP contribution in [0.25, 0.3) is 5.69 Å². The van der Waals surface area contributed by atoms with Crippen LogP contribution in [-0.2, 0) is 11.2 Å².